The Morgan fingerprint density at radius 3 is 2.58 bits per heavy atom. The Balaban J connectivity index is 2.62. The van der Waals surface area contributed by atoms with Crippen molar-refractivity contribution in [2.75, 3.05) is 7.11 Å². The van der Waals surface area contributed by atoms with E-state index < -0.39 is 11.6 Å². The second-order valence-corrected chi connectivity index (χ2v) is 4.65. The Kier molecular flexibility index (Phi) is 3.86. The van der Waals surface area contributed by atoms with Crippen LogP contribution in [0.5, 0.6) is 5.75 Å². The molecular weight excluding hydrogens is 320 g/mol. The molecule has 0 aliphatic carbocycles. The molecule has 1 heterocycles. The Bertz CT molecular complexity index is 628. The molecule has 0 spiro atoms. The van der Waals surface area contributed by atoms with Crippen LogP contribution >= 0.6 is 15.9 Å². The molecule has 4 nitrogen and oxygen atoms in total. The summed E-state index contributed by atoms with van der Waals surface area (Å²) in [6.07, 6.45) is 0. The van der Waals surface area contributed by atoms with Gasteiger partial charge in [0.1, 0.15) is 21.9 Å². The smallest absolute Gasteiger partial charge is 0.165 e. The Labute approximate surface area is 117 Å². The molecule has 0 saturated carbocycles. The normalized spacial score (nSPS) is 10.8. The first-order chi connectivity index (χ1) is 8.99. The highest BCUT2D eigenvalue weighted by Gasteiger charge is 2.19. The molecule has 0 radical (unpaired) electrons. The fourth-order valence-corrected chi connectivity index (χ4v) is 2.25. The first kappa shape index (κ1) is 14.0. The zero-order valence-corrected chi connectivity index (χ0v) is 12.0. The summed E-state index contributed by atoms with van der Waals surface area (Å²) in [5.41, 5.74) is 5.90. The van der Waals surface area contributed by atoms with Gasteiger partial charge in [0.2, 0.25) is 0 Å². The summed E-state index contributed by atoms with van der Waals surface area (Å²) in [7, 11) is 3.02. The van der Waals surface area contributed by atoms with Crippen LogP contribution in [-0.4, -0.2) is 16.7 Å². The minimum Gasteiger partial charge on any atom is -0.494 e. The number of hydrogen-bond acceptors (Lipinski definition) is 3. The molecular formula is C12H12BrF2N3O. The Morgan fingerprint density at radius 2 is 2.05 bits per heavy atom. The molecule has 0 bridgehead atoms. The summed E-state index contributed by atoms with van der Waals surface area (Å²) in [4.78, 5) is 4.20. The first-order valence-electron chi connectivity index (χ1n) is 5.44. The van der Waals surface area contributed by atoms with Crippen molar-refractivity contribution in [3.8, 4) is 17.0 Å². The van der Waals surface area contributed by atoms with Crippen molar-refractivity contribution in [1.29, 1.82) is 0 Å². The molecule has 2 N–H and O–H groups in total. The van der Waals surface area contributed by atoms with Crippen molar-refractivity contribution in [1.82, 2.24) is 9.55 Å². The number of nitrogens with zero attached hydrogens (tertiary/aromatic N) is 2. The molecule has 1 aromatic carbocycles. The summed E-state index contributed by atoms with van der Waals surface area (Å²) in [6.45, 7) is 0.204. The van der Waals surface area contributed by atoms with Gasteiger partial charge in [0.15, 0.2) is 11.6 Å². The van der Waals surface area contributed by atoms with Crippen molar-refractivity contribution < 1.29 is 13.5 Å². The van der Waals surface area contributed by atoms with Gasteiger partial charge in [-0.05, 0) is 22.0 Å². The molecule has 0 amide bonds. The zero-order valence-electron chi connectivity index (χ0n) is 10.4. The van der Waals surface area contributed by atoms with Crippen LogP contribution in [0.4, 0.5) is 8.78 Å². The van der Waals surface area contributed by atoms with E-state index in [9.17, 15) is 8.78 Å². The number of halogens is 3. The lowest BCUT2D eigenvalue weighted by molar-refractivity contribution is 0.383. The highest BCUT2D eigenvalue weighted by atomic mass is 79.9. The minimum atomic E-state index is -0.647. The number of ether oxygens (including phenoxy) is 1. The van der Waals surface area contributed by atoms with E-state index in [4.69, 9.17) is 10.5 Å². The highest BCUT2D eigenvalue weighted by molar-refractivity contribution is 9.10. The first-order valence-corrected chi connectivity index (χ1v) is 6.23. The fraction of sp³-hybridized carbons (Fsp3) is 0.250. The average Bonchev–Trinajstić information content (AvgIpc) is 2.68. The maximum Gasteiger partial charge on any atom is 0.165 e. The van der Waals surface area contributed by atoms with Gasteiger partial charge >= 0.3 is 0 Å². The third-order valence-corrected chi connectivity index (χ3v) is 3.70. The molecule has 1 aromatic heterocycles. The lowest BCUT2D eigenvalue weighted by atomic mass is 10.1. The van der Waals surface area contributed by atoms with Crippen molar-refractivity contribution in [3.05, 3.63) is 34.2 Å². The maximum atomic E-state index is 14.0. The monoisotopic (exact) mass is 331 g/mol. The lowest BCUT2D eigenvalue weighted by Crippen LogP contribution is -2.04. The van der Waals surface area contributed by atoms with Crippen molar-refractivity contribution >= 4 is 15.9 Å². The van der Waals surface area contributed by atoms with Crippen LogP contribution in [-0.2, 0) is 13.6 Å². The fourth-order valence-electron chi connectivity index (χ4n) is 1.74. The molecule has 2 rings (SSSR count). The van der Waals surface area contributed by atoms with E-state index in [0.717, 1.165) is 12.1 Å². The summed E-state index contributed by atoms with van der Waals surface area (Å²) in [5, 5.41) is 0. The Hall–Kier alpha value is -1.47. The predicted molar refractivity (Wildman–Crippen MR) is 70.7 cm³/mol. The molecule has 0 saturated heterocycles. The van der Waals surface area contributed by atoms with E-state index >= 15 is 0 Å². The van der Waals surface area contributed by atoms with Gasteiger partial charge in [0.05, 0.1) is 13.7 Å². The van der Waals surface area contributed by atoms with Crippen LogP contribution in [0.1, 0.15) is 5.82 Å². The number of benzene rings is 1. The molecule has 0 aliphatic rings. The van der Waals surface area contributed by atoms with E-state index in [1.807, 2.05) is 0 Å². The van der Waals surface area contributed by atoms with Crippen molar-refractivity contribution in [2.45, 2.75) is 6.54 Å². The average molecular weight is 332 g/mol. The number of rotatable bonds is 3. The van der Waals surface area contributed by atoms with Crippen LogP contribution < -0.4 is 10.5 Å². The van der Waals surface area contributed by atoms with Gasteiger partial charge in [-0.15, -0.1) is 0 Å². The maximum absolute atomic E-state index is 14.0. The molecule has 102 valence electrons. The second-order valence-electron chi connectivity index (χ2n) is 3.90. The quantitative estimate of drug-likeness (QED) is 0.940. The molecule has 2 aromatic rings. The number of aromatic nitrogens is 2. The van der Waals surface area contributed by atoms with Gasteiger partial charge in [-0.2, -0.15) is 0 Å². The largest absolute Gasteiger partial charge is 0.494 e. The summed E-state index contributed by atoms with van der Waals surface area (Å²) >= 11 is 3.30. The van der Waals surface area contributed by atoms with Crippen LogP contribution in [0.3, 0.4) is 0 Å². The van der Waals surface area contributed by atoms with Gasteiger partial charge in [0.25, 0.3) is 0 Å². The molecule has 0 fully saturated rings. The summed E-state index contributed by atoms with van der Waals surface area (Å²) < 4.78 is 34.6. The Morgan fingerprint density at radius 1 is 1.37 bits per heavy atom. The molecule has 0 unspecified atom stereocenters. The topological polar surface area (TPSA) is 53.1 Å². The number of hydrogen-bond donors (Lipinski definition) is 1. The summed E-state index contributed by atoms with van der Waals surface area (Å²) in [6, 6.07) is 2.05. The van der Waals surface area contributed by atoms with E-state index in [-0.39, 0.29) is 17.9 Å². The standard InChI is InChI=1S/C12H12BrF2N3O/c1-18-10(5-16)17-11(12(18)13)6-3-8(15)9(19-2)4-7(6)14/h3-4H,5,16H2,1-2H3. The van der Waals surface area contributed by atoms with Gasteiger partial charge in [-0.1, -0.05) is 0 Å². The highest BCUT2D eigenvalue weighted by Crippen LogP contribution is 2.33. The van der Waals surface area contributed by atoms with E-state index in [0.29, 0.717) is 16.1 Å². The number of nitrogens with two attached hydrogens (primary N) is 1. The number of imidazole rings is 1. The second kappa shape index (κ2) is 5.26. The minimum absolute atomic E-state index is 0.0560. The zero-order chi connectivity index (χ0) is 14.2. The lowest BCUT2D eigenvalue weighted by Gasteiger charge is -2.06. The van der Waals surface area contributed by atoms with Gasteiger partial charge < -0.3 is 15.0 Å². The van der Waals surface area contributed by atoms with Crippen LogP contribution in [0.15, 0.2) is 16.7 Å². The van der Waals surface area contributed by atoms with Crippen LogP contribution in [0.25, 0.3) is 11.3 Å². The molecule has 19 heavy (non-hydrogen) atoms. The summed E-state index contributed by atoms with van der Waals surface area (Å²) in [5.74, 6) is -0.837. The third kappa shape index (κ3) is 2.35. The molecule has 0 atom stereocenters. The molecule has 0 aliphatic heterocycles. The predicted octanol–water partition coefficient (Wildman–Crippen LogP) is 2.60. The van der Waals surface area contributed by atoms with Crippen LogP contribution in [0, 0.1) is 11.6 Å². The van der Waals surface area contributed by atoms with E-state index in [2.05, 4.69) is 20.9 Å². The van der Waals surface area contributed by atoms with Crippen LogP contribution in [0.2, 0.25) is 0 Å². The van der Waals surface area contributed by atoms with Gasteiger partial charge in [0, 0.05) is 18.7 Å². The van der Waals surface area contributed by atoms with E-state index in [1.165, 1.54) is 7.11 Å². The van der Waals surface area contributed by atoms with Gasteiger partial charge in [-0.3, -0.25) is 0 Å². The molecule has 7 heteroatoms. The van der Waals surface area contributed by atoms with Crippen molar-refractivity contribution in [3.63, 3.8) is 0 Å². The third-order valence-electron chi connectivity index (χ3n) is 2.80. The SMILES string of the molecule is COc1cc(F)c(-c2nc(CN)n(C)c2Br)cc1F. The number of methoxy groups -OCH3 is 1. The van der Waals surface area contributed by atoms with E-state index in [1.54, 1.807) is 11.6 Å². The van der Waals surface area contributed by atoms with Gasteiger partial charge in [-0.25, -0.2) is 13.8 Å². The van der Waals surface area contributed by atoms with Crippen molar-refractivity contribution in [2.24, 2.45) is 12.8 Å².